The number of halogens is 2. The lowest BCUT2D eigenvalue weighted by atomic mass is 10.2. The number of nitrogens with zero attached hydrogens (tertiary/aromatic N) is 1. The Hall–Kier alpha value is -0.930. The quantitative estimate of drug-likeness (QED) is 0.782. The number of carbonyl (C=O) groups excluding carboxylic acids is 1. The number of rotatable bonds is 3. The van der Waals surface area contributed by atoms with Crippen LogP contribution in [0.5, 0.6) is 0 Å². The summed E-state index contributed by atoms with van der Waals surface area (Å²) in [4.78, 5) is 13.1. The van der Waals surface area contributed by atoms with E-state index in [-0.39, 0.29) is 12.2 Å². The molecule has 0 unspecified atom stereocenters. The van der Waals surface area contributed by atoms with Gasteiger partial charge < -0.3 is 9.64 Å². The zero-order valence-corrected chi connectivity index (χ0v) is 10.0. The van der Waals surface area contributed by atoms with E-state index >= 15 is 0 Å². The summed E-state index contributed by atoms with van der Waals surface area (Å²) in [6.07, 6.45) is -0.498. The molecule has 86 valence electrons. The van der Waals surface area contributed by atoms with Crippen molar-refractivity contribution in [2.45, 2.75) is 12.6 Å². The van der Waals surface area contributed by atoms with Gasteiger partial charge >= 0.3 is 6.09 Å². The number of ether oxygens (including phenoxy) is 1. The van der Waals surface area contributed by atoms with Crippen molar-refractivity contribution in [3.63, 3.8) is 0 Å². The van der Waals surface area contributed by atoms with Crippen molar-refractivity contribution < 1.29 is 9.53 Å². The Labute approximate surface area is 104 Å². The number of cyclic esters (lactones) is 1. The standard InChI is InChI=1S/C11H11Cl2NO2/c12-5-10-7-14(11(15)16-10)6-8-1-3-9(13)4-2-8/h1-4,10H,5-7H2/t10-/m1/s1. The van der Waals surface area contributed by atoms with Crippen LogP contribution in [-0.4, -0.2) is 29.5 Å². The van der Waals surface area contributed by atoms with E-state index in [1.165, 1.54) is 0 Å². The highest BCUT2D eigenvalue weighted by atomic mass is 35.5. The van der Waals surface area contributed by atoms with Gasteiger partial charge in [-0.25, -0.2) is 4.79 Å². The first-order valence-corrected chi connectivity index (χ1v) is 5.86. The molecule has 1 aliphatic heterocycles. The molecule has 1 saturated heterocycles. The molecule has 0 radical (unpaired) electrons. The molecule has 1 heterocycles. The molecule has 1 fully saturated rings. The molecule has 1 atom stereocenters. The molecule has 0 spiro atoms. The lowest BCUT2D eigenvalue weighted by Gasteiger charge is -2.12. The number of amides is 1. The van der Waals surface area contributed by atoms with Gasteiger partial charge in [-0.3, -0.25) is 0 Å². The molecule has 2 rings (SSSR count). The Kier molecular flexibility index (Phi) is 3.56. The van der Waals surface area contributed by atoms with Crippen molar-refractivity contribution in [3.05, 3.63) is 34.9 Å². The number of hydrogen-bond acceptors (Lipinski definition) is 2. The van der Waals surface area contributed by atoms with Gasteiger partial charge in [-0.1, -0.05) is 23.7 Å². The van der Waals surface area contributed by atoms with Gasteiger partial charge in [0.05, 0.1) is 12.4 Å². The first-order chi connectivity index (χ1) is 7.69. The molecule has 0 bridgehead atoms. The topological polar surface area (TPSA) is 29.5 Å². The molecule has 1 aromatic carbocycles. The van der Waals surface area contributed by atoms with Crippen LogP contribution in [0, 0.1) is 0 Å². The third-order valence-corrected chi connectivity index (χ3v) is 3.00. The van der Waals surface area contributed by atoms with Crippen LogP contribution in [0.1, 0.15) is 5.56 Å². The second-order valence-electron chi connectivity index (χ2n) is 3.67. The number of alkyl halides is 1. The fourth-order valence-electron chi connectivity index (χ4n) is 1.59. The third kappa shape index (κ3) is 2.60. The highest BCUT2D eigenvalue weighted by molar-refractivity contribution is 6.30. The Morgan fingerprint density at radius 2 is 2.06 bits per heavy atom. The third-order valence-electron chi connectivity index (χ3n) is 2.41. The Balaban J connectivity index is 2.00. The Morgan fingerprint density at radius 1 is 1.38 bits per heavy atom. The van der Waals surface area contributed by atoms with Gasteiger partial charge in [0.25, 0.3) is 0 Å². The Bertz CT molecular complexity index is 380. The average Bonchev–Trinajstić information content (AvgIpc) is 2.63. The van der Waals surface area contributed by atoms with Crippen molar-refractivity contribution in [3.8, 4) is 0 Å². The van der Waals surface area contributed by atoms with E-state index in [4.69, 9.17) is 27.9 Å². The monoisotopic (exact) mass is 259 g/mol. The molecule has 0 aromatic heterocycles. The summed E-state index contributed by atoms with van der Waals surface area (Å²) in [5.74, 6) is 0.336. The fourth-order valence-corrected chi connectivity index (χ4v) is 1.88. The van der Waals surface area contributed by atoms with Crippen LogP contribution in [0.15, 0.2) is 24.3 Å². The highest BCUT2D eigenvalue weighted by Gasteiger charge is 2.30. The van der Waals surface area contributed by atoms with Gasteiger partial charge in [-0.05, 0) is 17.7 Å². The first-order valence-electron chi connectivity index (χ1n) is 4.95. The second-order valence-corrected chi connectivity index (χ2v) is 4.41. The summed E-state index contributed by atoms with van der Waals surface area (Å²) < 4.78 is 5.05. The number of carbonyl (C=O) groups is 1. The van der Waals surface area contributed by atoms with E-state index in [0.29, 0.717) is 24.0 Å². The summed E-state index contributed by atoms with van der Waals surface area (Å²) >= 11 is 11.4. The smallest absolute Gasteiger partial charge is 0.410 e. The average molecular weight is 260 g/mol. The van der Waals surface area contributed by atoms with Crippen LogP contribution in [0.3, 0.4) is 0 Å². The van der Waals surface area contributed by atoms with E-state index in [1.807, 2.05) is 12.1 Å². The minimum atomic E-state index is -0.305. The van der Waals surface area contributed by atoms with Crippen molar-refractivity contribution in [2.24, 2.45) is 0 Å². The number of benzene rings is 1. The van der Waals surface area contributed by atoms with E-state index in [2.05, 4.69) is 0 Å². The van der Waals surface area contributed by atoms with Gasteiger partial charge in [-0.2, -0.15) is 0 Å². The molecule has 16 heavy (non-hydrogen) atoms. The predicted octanol–water partition coefficient (Wildman–Crippen LogP) is 2.90. The van der Waals surface area contributed by atoms with Crippen molar-refractivity contribution >= 4 is 29.3 Å². The van der Waals surface area contributed by atoms with Crippen LogP contribution in [-0.2, 0) is 11.3 Å². The van der Waals surface area contributed by atoms with Crippen molar-refractivity contribution in [1.82, 2.24) is 4.90 Å². The van der Waals surface area contributed by atoms with Crippen LogP contribution in [0.2, 0.25) is 5.02 Å². The molecule has 0 N–H and O–H groups in total. The minimum Gasteiger partial charge on any atom is -0.443 e. The van der Waals surface area contributed by atoms with Crippen molar-refractivity contribution in [1.29, 1.82) is 0 Å². The zero-order chi connectivity index (χ0) is 11.5. The normalized spacial score (nSPS) is 20.0. The Morgan fingerprint density at radius 3 is 2.62 bits per heavy atom. The molecule has 1 aromatic rings. The maximum absolute atomic E-state index is 11.4. The SMILES string of the molecule is O=C1O[C@H](CCl)CN1Cc1ccc(Cl)cc1. The van der Waals surface area contributed by atoms with Crippen LogP contribution in [0.25, 0.3) is 0 Å². The van der Waals surface area contributed by atoms with E-state index in [0.717, 1.165) is 5.56 Å². The molecular formula is C11H11Cl2NO2. The largest absolute Gasteiger partial charge is 0.443 e. The molecule has 1 amide bonds. The molecule has 0 saturated carbocycles. The maximum Gasteiger partial charge on any atom is 0.410 e. The van der Waals surface area contributed by atoms with E-state index < -0.39 is 0 Å². The summed E-state index contributed by atoms with van der Waals surface area (Å²) in [6, 6.07) is 7.39. The van der Waals surface area contributed by atoms with Gasteiger partial charge in [0.1, 0.15) is 6.10 Å². The van der Waals surface area contributed by atoms with Crippen LogP contribution < -0.4 is 0 Å². The lowest BCUT2D eigenvalue weighted by molar-refractivity contribution is 0.138. The van der Waals surface area contributed by atoms with Gasteiger partial charge in [0, 0.05) is 11.6 Å². The van der Waals surface area contributed by atoms with Crippen LogP contribution >= 0.6 is 23.2 Å². The summed E-state index contributed by atoms with van der Waals surface area (Å²) in [5, 5.41) is 0.686. The fraction of sp³-hybridized carbons (Fsp3) is 0.364. The lowest BCUT2D eigenvalue weighted by Crippen LogP contribution is -2.24. The van der Waals surface area contributed by atoms with Gasteiger partial charge in [0.15, 0.2) is 0 Å². The van der Waals surface area contributed by atoms with Crippen molar-refractivity contribution in [2.75, 3.05) is 12.4 Å². The molecular weight excluding hydrogens is 249 g/mol. The summed E-state index contributed by atoms with van der Waals surface area (Å²) in [6.45, 7) is 1.08. The number of hydrogen-bond donors (Lipinski definition) is 0. The minimum absolute atomic E-state index is 0.193. The summed E-state index contributed by atoms with van der Waals surface area (Å²) in [5.41, 5.74) is 1.02. The maximum atomic E-state index is 11.4. The van der Waals surface area contributed by atoms with Crippen LogP contribution in [0.4, 0.5) is 4.79 Å². The predicted molar refractivity (Wildman–Crippen MR) is 62.9 cm³/mol. The molecule has 5 heteroatoms. The van der Waals surface area contributed by atoms with Gasteiger partial charge in [-0.15, -0.1) is 11.6 Å². The molecule has 1 aliphatic rings. The van der Waals surface area contributed by atoms with Gasteiger partial charge in [0.2, 0.25) is 0 Å². The molecule has 3 nitrogen and oxygen atoms in total. The zero-order valence-electron chi connectivity index (χ0n) is 8.53. The first kappa shape index (κ1) is 11.6. The van der Waals surface area contributed by atoms with E-state index in [1.54, 1.807) is 17.0 Å². The second kappa shape index (κ2) is 4.93. The molecule has 0 aliphatic carbocycles. The highest BCUT2D eigenvalue weighted by Crippen LogP contribution is 2.17. The summed E-state index contributed by atoms with van der Waals surface area (Å²) in [7, 11) is 0. The van der Waals surface area contributed by atoms with E-state index in [9.17, 15) is 4.79 Å².